The molecular formula is C20H20N4O2S2. The third kappa shape index (κ3) is 3.81. The Morgan fingerprint density at radius 1 is 1.21 bits per heavy atom. The van der Waals surface area contributed by atoms with E-state index in [1.807, 2.05) is 17.5 Å². The zero-order chi connectivity index (χ0) is 19.6. The zero-order valence-corrected chi connectivity index (χ0v) is 16.9. The van der Waals surface area contributed by atoms with Gasteiger partial charge in [0.2, 0.25) is 6.19 Å². The SMILES string of the molecule is N#CN=S(=O)(/C=C/c1cccs1)NC(=O)Nc1c2c(cc3c1CCC3)CCC2. The van der Waals surface area contributed by atoms with Crippen molar-refractivity contribution in [3.8, 4) is 6.19 Å². The van der Waals surface area contributed by atoms with Crippen LogP contribution in [0.15, 0.2) is 33.3 Å². The molecule has 0 fully saturated rings. The van der Waals surface area contributed by atoms with E-state index in [0.29, 0.717) is 0 Å². The Bertz CT molecular complexity index is 1070. The standard InChI is InChI=1S/C20H20N4O2S2/c21-13-22-28(26,11-9-16-6-3-10-27-16)24-20(25)23-19-17-7-1-4-14(17)12-15-5-2-8-18(15)19/h3,6,9-12H,1-2,4-5,7-8H2,(H2,22,23,24,25,26)/b11-9+. The summed E-state index contributed by atoms with van der Waals surface area (Å²) in [7, 11) is -3.33. The monoisotopic (exact) mass is 412 g/mol. The van der Waals surface area contributed by atoms with Gasteiger partial charge >= 0.3 is 6.03 Å². The van der Waals surface area contributed by atoms with Gasteiger partial charge in [0.1, 0.15) is 0 Å². The van der Waals surface area contributed by atoms with Gasteiger partial charge in [-0.2, -0.15) is 5.26 Å². The molecule has 0 bridgehead atoms. The van der Waals surface area contributed by atoms with E-state index < -0.39 is 15.9 Å². The summed E-state index contributed by atoms with van der Waals surface area (Å²) in [5.74, 6) is 0. The van der Waals surface area contributed by atoms with Crippen LogP contribution in [0.25, 0.3) is 6.08 Å². The second-order valence-electron chi connectivity index (χ2n) is 6.87. The first-order valence-electron chi connectivity index (χ1n) is 9.20. The Morgan fingerprint density at radius 3 is 2.54 bits per heavy atom. The van der Waals surface area contributed by atoms with Gasteiger partial charge in [-0.25, -0.2) is 13.7 Å². The van der Waals surface area contributed by atoms with E-state index >= 15 is 0 Å². The summed E-state index contributed by atoms with van der Waals surface area (Å²) >= 11 is 1.46. The van der Waals surface area contributed by atoms with E-state index in [9.17, 15) is 9.00 Å². The molecule has 28 heavy (non-hydrogen) atoms. The average molecular weight is 413 g/mol. The molecule has 6 nitrogen and oxygen atoms in total. The van der Waals surface area contributed by atoms with E-state index in [0.717, 1.165) is 49.1 Å². The molecule has 2 aliphatic carbocycles. The topological polar surface area (TPSA) is 94.3 Å². The molecule has 2 amide bonds. The zero-order valence-electron chi connectivity index (χ0n) is 15.2. The summed E-state index contributed by atoms with van der Waals surface area (Å²) in [4.78, 5) is 13.5. The van der Waals surface area contributed by atoms with Crippen LogP contribution in [0, 0.1) is 11.5 Å². The molecule has 4 rings (SSSR count). The van der Waals surface area contributed by atoms with Crippen LogP contribution in [0.4, 0.5) is 10.5 Å². The number of urea groups is 1. The van der Waals surface area contributed by atoms with Crippen molar-refractivity contribution < 1.29 is 9.00 Å². The predicted octanol–water partition coefficient (Wildman–Crippen LogP) is 4.38. The number of nitrogens with one attached hydrogen (secondary N) is 2. The summed E-state index contributed by atoms with van der Waals surface area (Å²) in [5.41, 5.74) is 5.84. The van der Waals surface area contributed by atoms with E-state index in [4.69, 9.17) is 5.26 Å². The normalized spacial score (nSPS) is 16.8. The molecular weight excluding hydrogens is 392 g/mol. The number of carbonyl (C=O) groups excluding carboxylic acids is 1. The summed E-state index contributed by atoms with van der Waals surface area (Å²) in [6, 6.07) is 5.40. The molecule has 2 N–H and O–H groups in total. The predicted molar refractivity (Wildman–Crippen MR) is 112 cm³/mol. The molecule has 0 aliphatic heterocycles. The van der Waals surface area contributed by atoms with Crippen LogP contribution in [0.5, 0.6) is 0 Å². The van der Waals surface area contributed by atoms with Crippen LogP contribution in [0.1, 0.15) is 40.0 Å². The maximum absolute atomic E-state index is 12.9. The highest BCUT2D eigenvalue weighted by Crippen LogP contribution is 2.38. The number of aryl methyl sites for hydroxylation is 2. The average Bonchev–Trinajstić information content (AvgIpc) is 3.41. The number of fused-ring (bicyclic) bond motifs is 2. The third-order valence-electron chi connectivity index (χ3n) is 5.09. The molecule has 1 atom stereocenters. The number of hydrogen-bond donors (Lipinski definition) is 2. The smallest absolute Gasteiger partial charge is 0.307 e. The number of anilines is 1. The molecule has 0 saturated heterocycles. The highest BCUT2D eigenvalue weighted by atomic mass is 32.2. The number of nitriles is 1. The van der Waals surface area contributed by atoms with Crippen molar-refractivity contribution in [3.63, 3.8) is 0 Å². The Morgan fingerprint density at radius 2 is 1.93 bits per heavy atom. The Balaban J connectivity index is 1.58. The second-order valence-corrected chi connectivity index (χ2v) is 9.64. The van der Waals surface area contributed by atoms with Gasteiger partial charge in [-0.05, 0) is 78.3 Å². The van der Waals surface area contributed by atoms with Crippen LogP contribution < -0.4 is 10.0 Å². The van der Waals surface area contributed by atoms with Crippen LogP contribution in [-0.2, 0) is 35.6 Å². The molecule has 1 aromatic carbocycles. The van der Waals surface area contributed by atoms with Gasteiger partial charge in [0.25, 0.3) is 0 Å². The number of rotatable bonds is 4. The number of nitrogens with zero attached hydrogens (tertiary/aromatic N) is 2. The minimum atomic E-state index is -3.33. The first-order valence-corrected chi connectivity index (χ1v) is 11.7. The molecule has 0 spiro atoms. The quantitative estimate of drug-likeness (QED) is 0.730. The van der Waals surface area contributed by atoms with Crippen LogP contribution in [0.2, 0.25) is 0 Å². The summed E-state index contributed by atoms with van der Waals surface area (Å²) < 4.78 is 18.8. The maximum atomic E-state index is 12.9. The molecule has 1 heterocycles. The van der Waals surface area contributed by atoms with Crippen molar-refractivity contribution >= 4 is 39.0 Å². The number of hydrogen-bond acceptors (Lipinski definition) is 5. The van der Waals surface area contributed by atoms with Crippen LogP contribution >= 0.6 is 11.3 Å². The summed E-state index contributed by atoms with van der Waals surface area (Å²) in [6.07, 6.45) is 9.26. The minimum Gasteiger partial charge on any atom is -0.307 e. The molecule has 0 saturated carbocycles. The molecule has 144 valence electrons. The molecule has 1 aromatic heterocycles. The number of thiophene rings is 1. The fraction of sp³-hybridized carbons (Fsp3) is 0.300. The Kier molecular flexibility index (Phi) is 5.20. The molecule has 1 unspecified atom stereocenters. The van der Waals surface area contributed by atoms with Gasteiger partial charge < -0.3 is 5.32 Å². The first kappa shape index (κ1) is 18.7. The van der Waals surface area contributed by atoms with Crippen molar-refractivity contribution in [2.24, 2.45) is 4.36 Å². The summed E-state index contributed by atoms with van der Waals surface area (Å²) in [6.45, 7) is 0. The largest absolute Gasteiger partial charge is 0.331 e. The number of carbonyl (C=O) groups is 1. The van der Waals surface area contributed by atoms with Gasteiger partial charge in [-0.3, -0.25) is 0 Å². The third-order valence-corrected chi connectivity index (χ3v) is 7.26. The van der Waals surface area contributed by atoms with Crippen molar-refractivity contribution in [3.05, 3.63) is 56.1 Å². The van der Waals surface area contributed by atoms with E-state index in [-0.39, 0.29) is 0 Å². The van der Waals surface area contributed by atoms with Crippen molar-refractivity contribution in [2.75, 3.05) is 5.32 Å². The molecule has 0 radical (unpaired) electrons. The first-order chi connectivity index (χ1) is 13.6. The van der Waals surface area contributed by atoms with Gasteiger partial charge in [0.15, 0.2) is 9.92 Å². The van der Waals surface area contributed by atoms with E-state index in [2.05, 4.69) is 20.5 Å². The Hall–Kier alpha value is -2.63. The lowest BCUT2D eigenvalue weighted by atomic mass is 9.99. The lowest BCUT2D eigenvalue weighted by molar-refractivity contribution is 0.257. The van der Waals surface area contributed by atoms with E-state index in [1.165, 1.54) is 39.0 Å². The highest BCUT2D eigenvalue weighted by Gasteiger charge is 2.25. The van der Waals surface area contributed by atoms with Crippen molar-refractivity contribution in [1.29, 1.82) is 5.26 Å². The van der Waals surface area contributed by atoms with Crippen molar-refractivity contribution in [1.82, 2.24) is 4.72 Å². The van der Waals surface area contributed by atoms with Crippen LogP contribution in [-0.4, -0.2) is 10.2 Å². The molecule has 2 aromatic rings. The second kappa shape index (κ2) is 7.78. The number of amides is 2. The Labute approximate surface area is 168 Å². The highest BCUT2D eigenvalue weighted by molar-refractivity contribution is 7.95. The summed E-state index contributed by atoms with van der Waals surface area (Å²) in [5, 5.41) is 15.0. The van der Waals surface area contributed by atoms with Gasteiger partial charge in [0.05, 0.1) is 0 Å². The van der Waals surface area contributed by atoms with E-state index in [1.54, 1.807) is 12.3 Å². The van der Waals surface area contributed by atoms with Crippen LogP contribution in [0.3, 0.4) is 0 Å². The van der Waals surface area contributed by atoms with Crippen molar-refractivity contribution in [2.45, 2.75) is 38.5 Å². The number of benzene rings is 1. The fourth-order valence-corrected chi connectivity index (χ4v) is 5.58. The molecule has 2 aliphatic rings. The minimum absolute atomic E-state index is 0.603. The maximum Gasteiger partial charge on any atom is 0.331 e. The van der Waals surface area contributed by atoms with Gasteiger partial charge in [-0.1, -0.05) is 16.5 Å². The van der Waals surface area contributed by atoms with Gasteiger partial charge in [0, 0.05) is 16.0 Å². The lowest BCUT2D eigenvalue weighted by Crippen LogP contribution is -2.33. The fourth-order valence-electron chi connectivity index (χ4n) is 3.93. The lowest BCUT2D eigenvalue weighted by Gasteiger charge is -2.16. The van der Waals surface area contributed by atoms with Gasteiger partial charge in [-0.15, -0.1) is 11.3 Å². The molecule has 8 heteroatoms.